The van der Waals surface area contributed by atoms with E-state index in [0.29, 0.717) is 5.69 Å². The molecule has 7 heteroatoms. The number of nitrogens with zero attached hydrogens (tertiary/aromatic N) is 2. The van der Waals surface area contributed by atoms with Crippen molar-refractivity contribution in [1.29, 1.82) is 5.26 Å². The summed E-state index contributed by atoms with van der Waals surface area (Å²) in [7, 11) is -3.98. The van der Waals surface area contributed by atoms with Crippen LogP contribution in [0.15, 0.2) is 64.6 Å². The minimum Gasteiger partial charge on any atom is -0.277 e. The summed E-state index contributed by atoms with van der Waals surface area (Å²) in [5, 5.41) is 11.9. The smallest absolute Gasteiger partial charge is 0.256 e. The van der Waals surface area contributed by atoms with E-state index in [4.69, 9.17) is 5.26 Å². The van der Waals surface area contributed by atoms with Crippen LogP contribution in [-0.2, 0) is 9.84 Å². The van der Waals surface area contributed by atoms with Crippen LogP contribution in [0, 0.1) is 17.1 Å². The lowest BCUT2D eigenvalue weighted by atomic mass is 10.3. The monoisotopic (exact) mass is 303 g/mol. The zero-order valence-corrected chi connectivity index (χ0v) is 11.5. The summed E-state index contributed by atoms with van der Waals surface area (Å²) >= 11 is 0. The van der Waals surface area contributed by atoms with Gasteiger partial charge in [-0.15, -0.1) is 0 Å². The van der Waals surface area contributed by atoms with Crippen molar-refractivity contribution < 1.29 is 12.8 Å². The summed E-state index contributed by atoms with van der Waals surface area (Å²) in [6.45, 7) is 0. The lowest BCUT2D eigenvalue weighted by Crippen LogP contribution is -2.15. The maximum Gasteiger partial charge on any atom is 0.256 e. The number of nitriles is 1. The molecule has 0 saturated heterocycles. The number of hydrogen-bond donors (Lipinski definition) is 1. The zero-order chi connectivity index (χ0) is 15.3. The normalized spacial score (nSPS) is 11.7. The summed E-state index contributed by atoms with van der Waals surface area (Å²) in [4.78, 5) is -0.0220. The van der Waals surface area contributed by atoms with Crippen LogP contribution < -0.4 is 5.43 Å². The topological polar surface area (TPSA) is 82.3 Å². The Morgan fingerprint density at radius 2 is 1.71 bits per heavy atom. The Kier molecular flexibility index (Phi) is 4.30. The summed E-state index contributed by atoms with van der Waals surface area (Å²) in [6.07, 6.45) is 0. The highest BCUT2D eigenvalue weighted by atomic mass is 32.2. The predicted octanol–water partition coefficient (Wildman–Crippen LogP) is 2.55. The first kappa shape index (κ1) is 14.7. The van der Waals surface area contributed by atoms with Crippen LogP contribution >= 0.6 is 0 Å². The third-order valence-electron chi connectivity index (χ3n) is 2.53. The molecule has 0 aliphatic heterocycles. The highest BCUT2D eigenvalue weighted by Crippen LogP contribution is 2.13. The molecule has 0 amide bonds. The zero-order valence-electron chi connectivity index (χ0n) is 10.7. The summed E-state index contributed by atoms with van der Waals surface area (Å²) in [5.41, 5.74) is 2.79. The second kappa shape index (κ2) is 6.15. The third-order valence-corrected chi connectivity index (χ3v) is 4.12. The van der Waals surface area contributed by atoms with Crippen LogP contribution in [-0.4, -0.2) is 13.5 Å². The lowest BCUT2D eigenvalue weighted by Gasteiger charge is -2.03. The first-order valence-corrected chi connectivity index (χ1v) is 7.32. The molecule has 2 aromatic rings. The molecule has 0 heterocycles. The summed E-state index contributed by atoms with van der Waals surface area (Å²) < 4.78 is 37.1. The molecule has 106 valence electrons. The van der Waals surface area contributed by atoms with Crippen molar-refractivity contribution in [3.8, 4) is 6.07 Å². The molecule has 1 N–H and O–H groups in total. The van der Waals surface area contributed by atoms with Crippen molar-refractivity contribution in [2.75, 3.05) is 5.43 Å². The van der Waals surface area contributed by atoms with E-state index in [2.05, 4.69) is 10.5 Å². The minimum absolute atomic E-state index is 0.0220. The van der Waals surface area contributed by atoms with Crippen LogP contribution in [0.1, 0.15) is 0 Å². The van der Waals surface area contributed by atoms with E-state index in [9.17, 15) is 12.8 Å². The fourth-order valence-corrected chi connectivity index (χ4v) is 2.52. The van der Waals surface area contributed by atoms with Gasteiger partial charge in [-0.1, -0.05) is 18.2 Å². The third kappa shape index (κ3) is 3.43. The second-order valence-electron chi connectivity index (χ2n) is 3.96. The first-order chi connectivity index (χ1) is 10.0. The molecule has 0 atom stereocenters. The molecular weight excluding hydrogens is 293 g/mol. The molecule has 0 aliphatic rings. The standard InChI is InChI=1S/C14H10FN3O2S/c15-11-6-8-12(9-7-11)17-18-14(10-16)21(19,20)13-4-2-1-3-5-13/h1-9,17H/b18-14+. The Bertz CT molecular complexity index is 794. The summed E-state index contributed by atoms with van der Waals surface area (Å²) in [6, 6.07) is 14.2. The van der Waals surface area contributed by atoms with Gasteiger partial charge in [0.1, 0.15) is 11.9 Å². The van der Waals surface area contributed by atoms with Crippen molar-refractivity contribution in [3.63, 3.8) is 0 Å². The van der Waals surface area contributed by atoms with E-state index < -0.39 is 20.7 Å². The van der Waals surface area contributed by atoms with E-state index in [1.807, 2.05) is 0 Å². The van der Waals surface area contributed by atoms with Gasteiger partial charge in [0.15, 0.2) is 0 Å². The van der Waals surface area contributed by atoms with Crippen LogP contribution in [0.5, 0.6) is 0 Å². The van der Waals surface area contributed by atoms with E-state index in [-0.39, 0.29) is 4.90 Å². The predicted molar refractivity (Wildman–Crippen MR) is 76.7 cm³/mol. The van der Waals surface area contributed by atoms with Gasteiger partial charge in [-0.3, -0.25) is 5.43 Å². The average Bonchev–Trinajstić information content (AvgIpc) is 2.50. The van der Waals surface area contributed by atoms with Crippen LogP contribution in [0.3, 0.4) is 0 Å². The Morgan fingerprint density at radius 1 is 1.10 bits per heavy atom. The SMILES string of the molecule is N#C/C(=N\Nc1ccc(F)cc1)S(=O)(=O)c1ccccc1. The van der Waals surface area contributed by atoms with E-state index in [0.717, 1.165) is 0 Å². The average molecular weight is 303 g/mol. The molecule has 0 radical (unpaired) electrons. The second-order valence-corrected chi connectivity index (χ2v) is 5.83. The molecule has 0 aliphatic carbocycles. The number of rotatable bonds is 3. The van der Waals surface area contributed by atoms with Crippen molar-refractivity contribution in [3.05, 3.63) is 60.4 Å². The molecule has 0 bridgehead atoms. The Labute approximate surface area is 121 Å². The number of hydrogen-bond acceptors (Lipinski definition) is 5. The van der Waals surface area contributed by atoms with E-state index >= 15 is 0 Å². The van der Waals surface area contributed by atoms with Gasteiger partial charge in [-0.05, 0) is 36.4 Å². The van der Waals surface area contributed by atoms with Crippen LogP contribution in [0.4, 0.5) is 10.1 Å². The maximum absolute atomic E-state index is 12.8. The number of benzene rings is 2. The molecule has 0 aromatic heterocycles. The molecule has 2 rings (SSSR count). The number of sulfone groups is 1. The number of hydrazone groups is 1. The summed E-state index contributed by atoms with van der Waals surface area (Å²) in [5.74, 6) is -0.429. The molecule has 2 aromatic carbocycles. The minimum atomic E-state index is -3.98. The molecule has 5 nitrogen and oxygen atoms in total. The molecule has 0 saturated carbocycles. The van der Waals surface area contributed by atoms with E-state index in [1.165, 1.54) is 36.4 Å². The Morgan fingerprint density at radius 3 is 2.29 bits per heavy atom. The molecule has 0 unspecified atom stereocenters. The van der Waals surface area contributed by atoms with Gasteiger partial charge in [0.05, 0.1) is 10.6 Å². The Balaban J connectivity index is 2.29. The van der Waals surface area contributed by atoms with Crippen LogP contribution in [0.25, 0.3) is 0 Å². The van der Waals surface area contributed by atoms with Gasteiger partial charge < -0.3 is 0 Å². The first-order valence-electron chi connectivity index (χ1n) is 5.83. The highest BCUT2D eigenvalue weighted by Gasteiger charge is 2.22. The number of nitrogens with one attached hydrogen (secondary N) is 1. The molecule has 21 heavy (non-hydrogen) atoms. The van der Waals surface area contributed by atoms with Crippen molar-refractivity contribution in [1.82, 2.24) is 0 Å². The fourth-order valence-electron chi connectivity index (χ4n) is 1.50. The molecular formula is C14H10FN3O2S. The van der Waals surface area contributed by atoms with Gasteiger partial charge >= 0.3 is 0 Å². The van der Waals surface area contributed by atoms with Gasteiger partial charge in [0.25, 0.3) is 5.04 Å². The van der Waals surface area contributed by atoms with Gasteiger partial charge in [0, 0.05) is 0 Å². The number of halogens is 1. The van der Waals surface area contributed by atoms with Crippen molar-refractivity contribution in [2.24, 2.45) is 5.10 Å². The lowest BCUT2D eigenvalue weighted by molar-refractivity contribution is 0.607. The largest absolute Gasteiger partial charge is 0.277 e. The van der Waals surface area contributed by atoms with Crippen LogP contribution in [0.2, 0.25) is 0 Å². The maximum atomic E-state index is 12.8. The van der Waals surface area contributed by atoms with Gasteiger partial charge in [0.2, 0.25) is 9.84 Å². The molecule has 0 fully saturated rings. The van der Waals surface area contributed by atoms with E-state index in [1.54, 1.807) is 24.3 Å². The Hall–Kier alpha value is -2.72. The van der Waals surface area contributed by atoms with Gasteiger partial charge in [-0.2, -0.15) is 10.4 Å². The quantitative estimate of drug-likeness (QED) is 0.536. The highest BCUT2D eigenvalue weighted by molar-refractivity contribution is 8.07. The van der Waals surface area contributed by atoms with Crippen molar-refractivity contribution >= 4 is 20.6 Å². The van der Waals surface area contributed by atoms with Gasteiger partial charge in [-0.25, -0.2) is 12.8 Å². The number of anilines is 1. The fraction of sp³-hybridized carbons (Fsp3) is 0. The van der Waals surface area contributed by atoms with Crippen molar-refractivity contribution in [2.45, 2.75) is 4.90 Å². The molecule has 0 spiro atoms.